The number of rotatable bonds is 8. The van der Waals surface area contributed by atoms with Crippen molar-refractivity contribution in [3.05, 3.63) is 94.9 Å². The first-order valence-electron chi connectivity index (χ1n) is 16.4. The van der Waals surface area contributed by atoms with Gasteiger partial charge in [-0.05, 0) is 55.9 Å². The Bertz CT molecular complexity index is 1600. The Labute approximate surface area is 293 Å². The topological polar surface area (TPSA) is 176 Å². The number of carbonyl (C=O) groups excluding carboxylic acids is 4. The standard InChI is InChI=1S/C38H49N3O9/c1-9-17-40-31-27-18-21(2)19-29(49-8)33(42)23(4)20-24(5)36(50-38(39)46)28(48-7)12-10-11-22(3)37(45)41-32(34(27)43)30(35(31)44)25-13-15-26(47-6)16-14-25/h9-16,20-21,23,28-29,33,36,40,42H,1,17-19H2,2-8H3,(H2,39,46)(H,41,45)/t21-,23+,28+,29+,33-,36+/m1/s1. The smallest absolute Gasteiger partial charge is 0.405 e. The van der Waals surface area contributed by atoms with Crippen LogP contribution in [-0.4, -0.2) is 81.0 Å². The maximum absolute atomic E-state index is 14.4. The van der Waals surface area contributed by atoms with Crippen molar-refractivity contribution in [3.8, 4) is 5.75 Å². The van der Waals surface area contributed by atoms with E-state index in [0.29, 0.717) is 23.3 Å². The van der Waals surface area contributed by atoms with Crippen molar-refractivity contribution in [3.63, 3.8) is 0 Å². The molecule has 0 spiro atoms. The summed E-state index contributed by atoms with van der Waals surface area (Å²) in [5.74, 6) is -1.79. The van der Waals surface area contributed by atoms with E-state index in [1.807, 2.05) is 6.92 Å². The summed E-state index contributed by atoms with van der Waals surface area (Å²) in [4.78, 5) is 54.3. The summed E-state index contributed by atoms with van der Waals surface area (Å²) in [5, 5.41) is 17.2. The minimum Gasteiger partial charge on any atom is -0.497 e. The largest absolute Gasteiger partial charge is 0.497 e. The zero-order valence-corrected chi connectivity index (χ0v) is 29.8. The highest BCUT2D eigenvalue weighted by Gasteiger charge is 2.38. The summed E-state index contributed by atoms with van der Waals surface area (Å²) >= 11 is 0. The van der Waals surface area contributed by atoms with Crippen molar-refractivity contribution in [2.24, 2.45) is 17.6 Å². The molecule has 12 nitrogen and oxygen atoms in total. The zero-order valence-electron chi connectivity index (χ0n) is 29.8. The van der Waals surface area contributed by atoms with Gasteiger partial charge in [-0.15, -0.1) is 6.58 Å². The second-order valence-corrected chi connectivity index (χ2v) is 12.5. The van der Waals surface area contributed by atoms with Crippen molar-refractivity contribution in [1.82, 2.24) is 10.6 Å². The number of amides is 2. The maximum Gasteiger partial charge on any atom is 0.405 e. The number of ketones is 2. The second-order valence-electron chi connectivity index (χ2n) is 12.5. The lowest BCUT2D eigenvalue weighted by Gasteiger charge is -2.30. The fraction of sp³-hybridized carbons (Fsp3) is 0.421. The van der Waals surface area contributed by atoms with Crippen LogP contribution in [0, 0.1) is 11.8 Å². The van der Waals surface area contributed by atoms with Crippen molar-refractivity contribution in [2.75, 3.05) is 27.9 Å². The second kappa shape index (κ2) is 18.3. The molecule has 0 unspecified atom stereocenters. The molecule has 2 bridgehead atoms. The van der Waals surface area contributed by atoms with Crippen LogP contribution in [0.5, 0.6) is 5.75 Å². The van der Waals surface area contributed by atoms with E-state index in [4.69, 9.17) is 24.7 Å². The molecule has 2 amide bonds. The van der Waals surface area contributed by atoms with Gasteiger partial charge in [0.15, 0.2) is 6.10 Å². The van der Waals surface area contributed by atoms with E-state index in [0.717, 1.165) is 0 Å². The van der Waals surface area contributed by atoms with E-state index in [2.05, 4.69) is 17.2 Å². The van der Waals surface area contributed by atoms with E-state index in [1.165, 1.54) is 27.4 Å². The number of methoxy groups -OCH3 is 3. The van der Waals surface area contributed by atoms with Gasteiger partial charge < -0.3 is 40.4 Å². The SMILES string of the molecule is C=CCNC1=C2C[C@@H](C)C[C@H](OC)[C@H](O)[C@@H](C)C=C(C)[C@H](OC(N)=O)[C@@H](OC)C=CC=C(C)C(=O)NC(=C(c3ccc(OC)cc3)C1=O)C2=O. The highest BCUT2D eigenvalue weighted by atomic mass is 16.6. The first-order chi connectivity index (χ1) is 23.8. The maximum atomic E-state index is 14.4. The van der Waals surface area contributed by atoms with Crippen LogP contribution in [0.1, 0.15) is 46.1 Å². The van der Waals surface area contributed by atoms with Crippen LogP contribution in [-0.2, 0) is 28.6 Å². The highest BCUT2D eigenvalue weighted by Crippen LogP contribution is 2.34. The number of nitrogens with two attached hydrogens (primary N) is 1. The first-order valence-corrected chi connectivity index (χ1v) is 16.4. The number of Topliss-reactive ketones (excluding diaryl/α,β-unsaturated/α-hetero) is 2. The number of carbonyl (C=O) groups is 4. The van der Waals surface area contributed by atoms with Gasteiger partial charge >= 0.3 is 6.09 Å². The number of primary amides is 1. The quantitative estimate of drug-likeness (QED) is 0.230. The Morgan fingerprint density at radius 3 is 2.34 bits per heavy atom. The Balaban J connectivity index is 2.25. The summed E-state index contributed by atoms with van der Waals surface area (Å²) in [6.45, 7) is 10.9. The van der Waals surface area contributed by atoms with Gasteiger partial charge in [-0.3, -0.25) is 14.4 Å². The molecule has 1 aromatic rings. The Kier molecular flexibility index (Phi) is 14.5. The van der Waals surface area contributed by atoms with Gasteiger partial charge in [-0.25, -0.2) is 4.79 Å². The van der Waals surface area contributed by atoms with Gasteiger partial charge in [0.2, 0.25) is 11.6 Å². The van der Waals surface area contributed by atoms with Crippen molar-refractivity contribution >= 4 is 29.1 Å². The number of nitrogens with one attached hydrogen (secondary N) is 2. The Morgan fingerprint density at radius 2 is 1.76 bits per heavy atom. The van der Waals surface area contributed by atoms with Crippen LogP contribution in [0.25, 0.3) is 5.57 Å². The minimum atomic E-state index is -1.01. The van der Waals surface area contributed by atoms with Crippen LogP contribution >= 0.6 is 0 Å². The van der Waals surface area contributed by atoms with Crippen molar-refractivity contribution < 1.29 is 43.2 Å². The summed E-state index contributed by atoms with van der Waals surface area (Å²) in [6, 6.07) is 6.62. The number of ether oxygens (including phenoxy) is 4. The van der Waals surface area contributed by atoms with Crippen LogP contribution in [0.3, 0.4) is 0 Å². The van der Waals surface area contributed by atoms with E-state index in [1.54, 1.807) is 69.3 Å². The van der Waals surface area contributed by atoms with E-state index in [9.17, 15) is 24.3 Å². The highest BCUT2D eigenvalue weighted by molar-refractivity contribution is 6.39. The molecule has 1 heterocycles. The molecule has 12 heteroatoms. The number of hydrogen-bond donors (Lipinski definition) is 4. The Hall–Kier alpha value is -4.78. The van der Waals surface area contributed by atoms with Gasteiger partial charge in [0.1, 0.15) is 17.6 Å². The molecule has 6 atom stereocenters. The van der Waals surface area contributed by atoms with Gasteiger partial charge in [0.05, 0.1) is 30.6 Å². The van der Waals surface area contributed by atoms with Gasteiger partial charge in [0, 0.05) is 37.8 Å². The molecular weight excluding hydrogens is 642 g/mol. The molecule has 0 aromatic heterocycles. The van der Waals surface area contributed by atoms with Gasteiger partial charge in [-0.2, -0.15) is 0 Å². The molecular formula is C38H49N3O9. The number of benzene rings is 1. The zero-order chi connectivity index (χ0) is 37.1. The van der Waals surface area contributed by atoms with Crippen molar-refractivity contribution in [2.45, 2.75) is 65.0 Å². The van der Waals surface area contributed by atoms with Crippen LogP contribution in [0.15, 0.2) is 89.3 Å². The fourth-order valence-corrected chi connectivity index (χ4v) is 6.06. The molecule has 0 radical (unpaired) electrons. The minimum absolute atomic E-state index is 0.0228. The van der Waals surface area contributed by atoms with Crippen LogP contribution in [0.2, 0.25) is 0 Å². The number of aliphatic hydroxyl groups excluding tert-OH is 1. The molecule has 1 aromatic carbocycles. The number of aliphatic hydroxyl groups is 1. The van der Waals surface area contributed by atoms with Gasteiger partial charge in [0.25, 0.3) is 5.91 Å². The van der Waals surface area contributed by atoms with Crippen LogP contribution in [0.4, 0.5) is 4.79 Å². The predicted molar refractivity (Wildman–Crippen MR) is 190 cm³/mol. The molecule has 50 heavy (non-hydrogen) atoms. The lowest BCUT2D eigenvalue weighted by Crippen LogP contribution is -2.39. The van der Waals surface area contributed by atoms with Crippen LogP contribution < -0.4 is 21.1 Å². The summed E-state index contributed by atoms with van der Waals surface area (Å²) in [6.07, 6.45) is 4.01. The number of allylic oxidation sites excluding steroid dienone is 4. The predicted octanol–water partition coefficient (Wildman–Crippen LogP) is 4.07. The summed E-state index contributed by atoms with van der Waals surface area (Å²) in [7, 11) is 4.44. The molecule has 3 rings (SSSR count). The molecule has 0 fully saturated rings. The Morgan fingerprint density at radius 1 is 1.08 bits per heavy atom. The third-order valence-electron chi connectivity index (χ3n) is 8.75. The number of hydrogen-bond acceptors (Lipinski definition) is 10. The summed E-state index contributed by atoms with van der Waals surface area (Å²) < 4.78 is 22.1. The van der Waals surface area contributed by atoms with Crippen molar-refractivity contribution in [1.29, 1.82) is 0 Å². The molecule has 2 aliphatic rings. The average Bonchev–Trinajstić information content (AvgIpc) is 3.09. The average molecular weight is 692 g/mol. The summed E-state index contributed by atoms with van der Waals surface area (Å²) in [5.41, 5.74) is 6.76. The van der Waals surface area contributed by atoms with E-state index >= 15 is 0 Å². The monoisotopic (exact) mass is 691 g/mol. The third-order valence-corrected chi connectivity index (χ3v) is 8.75. The normalized spacial score (nSPS) is 25.8. The molecule has 0 saturated heterocycles. The van der Waals surface area contributed by atoms with E-state index in [-0.39, 0.29) is 47.0 Å². The molecule has 270 valence electrons. The molecule has 1 aliphatic heterocycles. The number of fused-ring (bicyclic) bond motifs is 2. The molecule has 0 saturated carbocycles. The molecule has 5 N–H and O–H groups in total. The fourth-order valence-electron chi connectivity index (χ4n) is 6.06. The third kappa shape index (κ3) is 9.68. The lowest BCUT2D eigenvalue weighted by atomic mass is 9.81. The lowest BCUT2D eigenvalue weighted by molar-refractivity contribution is -0.120. The molecule has 1 aliphatic carbocycles. The van der Waals surface area contributed by atoms with Gasteiger partial charge in [-0.1, -0.05) is 56.4 Å². The van der Waals surface area contributed by atoms with E-state index < -0.39 is 53.9 Å². The first kappa shape index (κ1) is 39.7.